The van der Waals surface area contributed by atoms with Crippen LogP contribution in [0.25, 0.3) is 10.8 Å². The molecule has 4 aromatic carbocycles. The normalized spacial score (nSPS) is 12.5. The molecule has 4 aromatic rings. The van der Waals surface area contributed by atoms with Crippen LogP contribution in [-0.2, 0) is 14.8 Å². The minimum Gasteiger partial charge on any atom is -0.493 e. The third-order valence-electron chi connectivity index (χ3n) is 6.00. The van der Waals surface area contributed by atoms with Crippen LogP contribution in [0.2, 0.25) is 0 Å². The lowest BCUT2D eigenvalue weighted by molar-refractivity contribution is -0.121. The van der Waals surface area contributed by atoms with E-state index in [9.17, 15) is 13.2 Å². The standard InChI is InChI=1S/C30H31N3O4S/c1-3-19-37-29-18-15-23-9-7-8-12-26(23)27(29)21-31-32-30(34)20-28(24-10-5-4-6-11-24)33-38(35,36)25-16-13-22(2)14-17-25/h4-18,21,28,33H,3,19-20H2,1-2H3,(H,32,34)/b31-21-/t28-/m1/s1. The second-order valence-corrected chi connectivity index (χ2v) is 10.7. The fraction of sp³-hybridized carbons (Fsp3) is 0.200. The van der Waals surface area contributed by atoms with E-state index in [1.54, 1.807) is 54.7 Å². The van der Waals surface area contributed by atoms with Crippen molar-refractivity contribution in [1.82, 2.24) is 10.1 Å². The summed E-state index contributed by atoms with van der Waals surface area (Å²) in [7, 11) is -3.86. The first-order valence-corrected chi connectivity index (χ1v) is 14.0. The third kappa shape index (κ3) is 6.85. The molecule has 4 rings (SSSR count). The molecule has 0 radical (unpaired) electrons. The Kier molecular flexibility index (Phi) is 8.89. The van der Waals surface area contributed by atoms with Crippen molar-refractivity contribution in [1.29, 1.82) is 0 Å². The maximum atomic E-state index is 13.1. The molecular weight excluding hydrogens is 498 g/mol. The molecule has 7 nitrogen and oxygen atoms in total. The van der Waals surface area contributed by atoms with Gasteiger partial charge in [0.05, 0.1) is 23.8 Å². The van der Waals surface area contributed by atoms with Crippen LogP contribution in [0.1, 0.15) is 42.5 Å². The van der Waals surface area contributed by atoms with E-state index in [1.165, 1.54) is 0 Å². The van der Waals surface area contributed by atoms with Crippen LogP contribution < -0.4 is 14.9 Å². The number of carbonyl (C=O) groups is 1. The van der Waals surface area contributed by atoms with Gasteiger partial charge in [-0.2, -0.15) is 5.10 Å². The molecule has 0 aliphatic heterocycles. The predicted octanol–water partition coefficient (Wildman–Crippen LogP) is 5.50. The van der Waals surface area contributed by atoms with Crippen LogP contribution in [0.15, 0.2) is 101 Å². The van der Waals surface area contributed by atoms with E-state index in [-0.39, 0.29) is 11.3 Å². The Hall–Kier alpha value is -4.01. The Morgan fingerprint density at radius 3 is 2.39 bits per heavy atom. The fourth-order valence-corrected chi connectivity index (χ4v) is 5.26. The lowest BCUT2D eigenvalue weighted by atomic mass is 10.0. The van der Waals surface area contributed by atoms with Crippen LogP contribution >= 0.6 is 0 Å². The summed E-state index contributed by atoms with van der Waals surface area (Å²) in [6, 6.07) is 26.5. The molecule has 0 aliphatic carbocycles. The summed E-state index contributed by atoms with van der Waals surface area (Å²) in [5.74, 6) is 0.245. The molecular formula is C30H31N3O4S. The van der Waals surface area contributed by atoms with E-state index < -0.39 is 22.0 Å². The van der Waals surface area contributed by atoms with Crippen molar-refractivity contribution in [2.75, 3.05) is 6.61 Å². The molecule has 0 saturated heterocycles. The molecule has 0 fully saturated rings. The molecule has 196 valence electrons. The van der Waals surface area contributed by atoms with Gasteiger partial charge >= 0.3 is 0 Å². The van der Waals surface area contributed by atoms with Gasteiger partial charge in [-0.05, 0) is 47.9 Å². The highest BCUT2D eigenvalue weighted by molar-refractivity contribution is 7.89. The molecule has 0 spiro atoms. The molecule has 1 amide bonds. The monoisotopic (exact) mass is 529 g/mol. The molecule has 0 aromatic heterocycles. The summed E-state index contributed by atoms with van der Waals surface area (Å²) >= 11 is 0. The summed E-state index contributed by atoms with van der Waals surface area (Å²) in [6.07, 6.45) is 2.29. The topological polar surface area (TPSA) is 96.9 Å². The van der Waals surface area contributed by atoms with Crippen molar-refractivity contribution in [3.63, 3.8) is 0 Å². The van der Waals surface area contributed by atoms with Crippen molar-refractivity contribution in [3.05, 3.63) is 108 Å². The lowest BCUT2D eigenvalue weighted by Gasteiger charge is -2.18. The second kappa shape index (κ2) is 12.5. The minimum absolute atomic E-state index is 0.137. The number of ether oxygens (including phenoxy) is 1. The minimum atomic E-state index is -3.86. The van der Waals surface area contributed by atoms with Crippen molar-refractivity contribution >= 4 is 32.9 Å². The van der Waals surface area contributed by atoms with Gasteiger partial charge in [0.2, 0.25) is 15.9 Å². The summed E-state index contributed by atoms with van der Waals surface area (Å²) in [5, 5.41) is 6.17. The molecule has 2 N–H and O–H groups in total. The number of hydrogen-bond donors (Lipinski definition) is 2. The van der Waals surface area contributed by atoms with Crippen molar-refractivity contribution in [2.24, 2.45) is 5.10 Å². The molecule has 0 unspecified atom stereocenters. The third-order valence-corrected chi connectivity index (χ3v) is 7.48. The first-order valence-electron chi connectivity index (χ1n) is 12.5. The number of aryl methyl sites for hydroxylation is 1. The van der Waals surface area contributed by atoms with Crippen LogP contribution in [-0.4, -0.2) is 27.1 Å². The zero-order valence-corrected chi connectivity index (χ0v) is 22.2. The van der Waals surface area contributed by atoms with E-state index >= 15 is 0 Å². The van der Waals surface area contributed by atoms with Crippen LogP contribution in [0.5, 0.6) is 5.75 Å². The Balaban J connectivity index is 1.53. The summed E-state index contributed by atoms with van der Waals surface area (Å²) in [4.78, 5) is 13.1. The molecule has 0 aliphatic rings. The van der Waals surface area contributed by atoms with Gasteiger partial charge in [-0.15, -0.1) is 0 Å². The van der Waals surface area contributed by atoms with E-state index in [1.807, 2.05) is 56.3 Å². The number of nitrogens with zero attached hydrogens (tertiary/aromatic N) is 1. The zero-order chi connectivity index (χ0) is 27.0. The number of rotatable bonds is 11. The molecule has 38 heavy (non-hydrogen) atoms. The number of fused-ring (bicyclic) bond motifs is 1. The smallest absolute Gasteiger partial charge is 0.242 e. The molecule has 8 heteroatoms. The summed E-state index contributed by atoms with van der Waals surface area (Å²) in [6.45, 7) is 4.48. The first kappa shape index (κ1) is 27.0. The molecule has 0 bridgehead atoms. The van der Waals surface area contributed by atoms with E-state index in [4.69, 9.17) is 4.74 Å². The quantitative estimate of drug-likeness (QED) is 0.198. The predicted molar refractivity (Wildman–Crippen MR) is 151 cm³/mol. The number of benzene rings is 4. The van der Waals surface area contributed by atoms with Gasteiger partial charge in [0, 0.05) is 12.0 Å². The van der Waals surface area contributed by atoms with Gasteiger partial charge in [-0.1, -0.05) is 85.3 Å². The molecule has 0 heterocycles. The van der Waals surface area contributed by atoms with Crippen molar-refractivity contribution < 1.29 is 17.9 Å². The summed E-state index contributed by atoms with van der Waals surface area (Å²) in [5.41, 5.74) is 4.94. The van der Waals surface area contributed by atoms with Crippen molar-refractivity contribution in [3.8, 4) is 5.75 Å². The second-order valence-electron chi connectivity index (χ2n) is 8.94. The van der Waals surface area contributed by atoms with E-state index in [0.717, 1.165) is 28.3 Å². The lowest BCUT2D eigenvalue weighted by Crippen LogP contribution is -2.32. The van der Waals surface area contributed by atoms with Crippen LogP contribution in [0.4, 0.5) is 0 Å². The highest BCUT2D eigenvalue weighted by atomic mass is 32.2. The first-order chi connectivity index (χ1) is 18.4. The van der Waals surface area contributed by atoms with E-state index in [2.05, 4.69) is 15.2 Å². The highest BCUT2D eigenvalue weighted by Gasteiger charge is 2.23. The maximum Gasteiger partial charge on any atom is 0.242 e. The van der Waals surface area contributed by atoms with E-state index in [0.29, 0.717) is 17.9 Å². The van der Waals surface area contributed by atoms with Gasteiger partial charge < -0.3 is 4.74 Å². The van der Waals surface area contributed by atoms with Gasteiger partial charge in [-0.25, -0.2) is 18.6 Å². The van der Waals surface area contributed by atoms with Gasteiger partial charge in [0.15, 0.2) is 0 Å². The van der Waals surface area contributed by atoms with Crippen LogP contribution in [0, 0.1) is 6.92 Å². The molecule has 1 atom stereocenters. The Morgan fingerprint density at radius 1 is 0.947 bits per heavy atom. The maximum absolute atomic E-state index is 13.1. The number of amides is 1. The average molecular weight is 530 g/mol. The number of sulfonamides is 1. The number of carbonyl (C=O) groups excluding carboxylic acids is 1. The SMILES string of the molecule is CCCOc1ccc2ccccc2c1/C=N\NC(=O)C[C@@H](NS(=O)(=O)c1ccc(C)cc1)c1ccccc1. The number of nitrogens with one attached hydrogen (secondary N) is 2. The Labute approximate surface area is 223 Å². The number of hydrazone groups is 1. The van der Waals surface area contributed by atoms with Gasteiger partial charge in [0.1, 0.15) is 5.75 Å². The van der Waals surface area contributed by atoms with Gasteiger partial charge in [0.25, 0.3) is 0 Å². The molecule has 0 saturated carbocycles. The highest BCUT2D eigenvalue weighted by Crippen LogP contribution is 2.27. The van der Waals surface area contributed by atoms with Gasteiger partial charge in [-0.3, -0.25) is 4.79 Å². The van der Waals surface area contributed by atoms with Crippen LogP contribution in [0.3, 0.4) is 0 Å². The largest absolute Gasteiger partial charge is 0.493 e. The Bertz CT molecular complexity index is 1520. The number of hydrogen-bond acceptors (Lipinski definition) is 5. The Morgan fingerprint density at radius 2 is 1.66 bits per heavy atom. The summed E-state index contributed by atoms with van der Waals surface area (Å²) < 4.78 is 34.7. The zero-order valence-electron chi connectivity index (χ0n) is 21.4. The fourth-order valence-electron chi connectivity index (χ4n) is 4.03. The average Bonchev–Trinajstić information content (AvgIpc) is 2.92. The van der Waals surface area contributed by atoms with Crippen molar-refractivity contribution in [2.45, 2.75) is 37.6 Å².